The van der Waals surface area contributed by atoms with Crippen LogP contribution in [0, 0.1) is 0 Å². The van der Waals surface area contributed by atoms with Gasteiger partial charge in [0, 0.05) is 11.6 Å². The van der Waals surface area contributed by atoms with Gasteiger partial charge < -0.3 is 15.2 Å². The number of ether oxygens (including phenoxy) is 1. The normalized spacial score (nSPS) is 10.3. The van der Waals surface area contributed by atoms with E-state index in [1.54, 1.807) is 12.1 Å². The van der Waals surface area contributed by atoms with E-state index in [-0.39, 0.29) is 19.1 Å². The third-order valence-corrected chi connectivity index (χ3v) is 2.41. The van der Waals surface area contributed by atoms with Gasteiger partial charge in [-0.3, -0.25) is 9.59 Å². The maximum Gasteiger partial charge on any atom is 0.305 e. The van der Waals surface area contributed by atoms with Crippen LogP contribution in [0.3, 0.4) is 0 Å². The highest BCUT2D eigenvalue weighted by Crippen LogP contribution is 2.23. The number of nitrogens with one attached hydrogen (secondary N) is 1. The Morgan fingerprint density at radius 2 is 2.11 bits per heavy atom. The van der Waals surface area contributed by atoms with Crippen LogP contribution in [-0.2, 0) is 4.79 Å². The van der Waals surface area contributed by atoms with E-state index in [4.69, 9.17) is 21.4 Å². The summed E-state index contributed by atoms with van der Waals surface area (Å²) in [6.45, 7) is 3.75. The minimum absolute atomic E-state index is 0.0573. The van der Waals surface area contributed by atoms with E-state index in [0.29, 0.717) is 16.3 Å². The number of carbonyl (C=O) groups excluding carboxylic acids is 1. The lowest BCUT2D eigenvalue weighted by Gasteiger charge is -2.14. The SMILES string of the molecule is CC(C)Oc1ccc(Cl)cc1C(=O)NCCC(=O)O. The van der Waals surface area contributed by atoms with Crippen molar-refractivity contribution in [3.05, 3.63) is 28.8 Å². The highest BCUT2D eigenvalue weighted by molar-refractivity contribution is 6.31. The monoisotopic (exact) mass is 285 g/mol. The Morgan fingerprint density at radius 1 is 1.42 bits per heavy atom. The second-order valence-electron chi connectivity index (χ2n) is 4.21. The summed E-state index contributed by atoms with van der Waals surface area (Å²) in [6.07, 6.45) is -0.209. The molecule has 0 aliphatic heterocycles. The quantitative estimate of drug-likeness (QED) is 0.841. The Labute approximate surface area is 116 Å². The van der Waals surface area contributed by atoms with E-state index in [2.05, 4.69) is 5.32 Å². The zero-order valence-corrected chi connectivity index (χ0v) is 11.5. The molecule has 104 valence electrons. The van der Waals surface area contributed by atoms with Gasteiger partial charge in [0.2, 0.25) is 0 Å². The fourth-order valence-corrected chi connectivity index (χ4v) is 1.59. The predicted molar refractivity (Wildman–Crippen MR) is 71.8 cm³/mol. The van der Waals surface area contributed by atoms with Crippen LogP contribution in [0.15, 0.2) is 18.2 Å². The summed E-state index contributed by atoms with van der Waals surface area (Å²) < 4.78 is 5.51. The van der Waals surface area contributed by atoms with Gasteiger partial charge in [-0.15, -0.1) is 0 Å². The number of carbonyl (C=O) groups is 2. The molecule has 0 heterocycles. The van der Waals surface area contributed by atoms with E-state index in [1.807, 2.05) is 13.8 Å². The van der Waals surface area contributed by atoms with E-state index in [1.165, 1.54) is 6.07 Å². The first kappa shape index (κ1) is 15.3. The van der Waals surface area contributed by atoms with Crippen LogP contribution in [0.5, 0.6) is 5.75 Å². The molecule has 0 saturated carbocycles. The molecule has 0 bridgehead atoms. The standard InChI is InChI=1S/C13H16ClNO4/c1-8(2)19-11-4-3-9(14)7-10(11)13(18)15-6-5-12(16)17/h3-4,7-8H,5-6H2,1-2H3,(H,15,18)(H,16,17). The summed E-state index contributed by atoms with van der Waals surface area (Å²) in [5.74, 6) is -0.948. The molecule has 0 aliphatic carbocycles. The van der Waals surface area contributed by atoms with Gasteiger partial charge in [0.05, 0.1) is 18.1 Å². The average Bonchev–Trinajstić information content (AvgIpc) is 2.30. The van der Waals surface area contributed by atoms with Crippen LogP contribution >= 0.6 is 11.6 Å². The zero-order valence-electron chi connectivity index (χ0n) is 10.8. The first-order chi connectivity index (χ1) is 8.90. The van der Waals surface area contributed by atoms with Crippen molar-refractivity contribution < 1.29 is 19.4 Å². The van der Waals surface area contributed by atoms with Crippen LogP contribution in [0.4, 0.5) is 0 Å². The summed E-state index contributed by atoms with van der Waals surface area (Å²) in [6, 6.07) is 4.75. The van der Waals surface area contributed by atoms with Crippen molar-refractivity contribution in [2.75, 3.05) is 6.54 Å². The molecule has 1 aromatic carbocycles. The largest absolute Gasteiger partial charge is 0.490 e. The number of aliphatic carboxylic acids is 1. The van der Waals surface area contributed by atoms with Crippen LogP contribution in [-0.4, -0.2) is 29.6 Å². The van der Waals surface area contributed by atoms with Crippen molar-refractivity contribution in [1.82, 2.24) is 5.32 Å². The molecule has 2 N–H and O–H groups in total. The summed E-state index contributed by atoms with van der Waals surface area (Å²) in [7, 11) is 0. The number of rotatable bonds is 6. The molecule has 0 aromatic heterocycles. The summed E-state index contributed by atoms with van der Waals surface area (Å²) >= 11 is 5.85. The molecule has 0 unspecified atom stereocenters. The molecule has 1 rings (SSSR count). The second kappa shape index (κ2) is 6.99. The Bertz CT molecular complexity index is 474. The maximum absolute atomic E-state index is 11.9. The van der Waals surface area contributed by atoms with Crippen molar-refractivity contribution in [2.45, 2.75) is 26.4 Å². The van der Waals surface area contributed by atoms with Crippen molar-refractivity contribution in [3.8, 4) is 5.75 Å². The molecule has 0 radical (unpaired) electrons. The van der Waals surface area contributed by atoms with Gasteiger partial charge >= 0.3 is 5.97 Å². The Hall–Kier alpha value is -1.75. The molecule has 1 aromatic rings. The molecule has 0 spiro atoms. The minimum Gasteiger partial charge on any atom is -0.490 e. The molecule has 0 saturated heterocycles. The molecular weight excluding hydrogens is 270 g/mol. The van der Waals surface area contributed by atoms with E-state index in [0.717, 1.165) is 0 Å². The smallest absolute Gasteiger partial charge is 0.305 e. The number of carboxylic acids is 1. The Kier molecular flexibility index (Phi) is 5.63. The van der Waals surface area contributed by atoms with Crippen molar-refractivity contribution in [2.24, 2.45) is 0 Å². The third-order valence-electron chi connectivity index (χ3n) is 2.17. The van der Waals surface area contributed by atoms with Gasteiger partial charge in [0.15, 0.2) is 0 Å². The lowest BCUT2D eigenvalue weighted by atomic mass is 10.2. The predicted octanol–water partition coefficient (Wildman–Crippen LogP) is 2.33. The summed E-state index contributed by atoms with van der Waals surface area (Å²) in [5.41, 5.74) is 0.298. The molecule has 0 fully saturated rings. The van der Waals surface area contributed by atoms with Gasteiger partial charge in [-0.2, -0.15) is 0 Å². The fraction of sp³-hybridized carbons (Fsp3) is 0.385. The summed E-state index contributed by atoms with van der Waals surface area (Å²) in [4.78, 5) is 22.3. The molecule has 5 nitrogen and oxygen atoms in total. The molecule has 0 atom stereocenters. The van der Waals surface area contributed by atoms with Crippen LogP contribution in [0.2, 0.25) is 5.02 Å². The number of halogens is 1. The molecule has 19 heavy (non-hydrogen) atoms. The lowest BCUT2D eigenvalue weighted by Crippen LogP contribution is -2.26. The highest BCUT2D eigenvalue weighted by Gasteiger charge is 2.14. The molecule has 0 aliphatic rings. The van der Waals surface area contributed by atoms with Gasteiger partial charge in [0.1, 0.15) is 5.75 Å². The zero-order chi connectivity index (χ0) is 14.4. The van der Waals surface area contributed by atoms with Crippen molar-refractivity contribution >= 4 is 23.5 Å². The minimum atomic E-state index is -0.968. The van der Waals surface area contributed by atoms with E-state index >= 15 is 0 Å². The fourth-order valence-electron chi connectivity index (χ4n) is 1.41. The Morgan fingerprint density at radius 3 is 2.68 bits per heavy atom. The second-order valence-corrected chi connectivity index (χ2v) is 4.64. The van der Waals surface area contributed by atoms with Gasteiger partial charge in [-0.25, -0.2) is 0 Å². The van der Waals surface area contributed by atoms with E-state index in [9.17, 15) is 9.59 Å². The lowest BCUT2D eigenvalue weighted by molar-refractivity contribution is -0.136. The van der Waals surface area contributed by atoms with Gasteiger partial charge in [-0.1, -0.05) is 11.6 Å². The third kappa shape index (κ3) is 5.18. The van der Waals surface area contributed by atoms with Crippen LogP contribution < -0.4 is 10.1 Å². The van der Waals surface area contributed by atoms with Crippen molar-refractivity contribution in [3.63, 3.8) is 0 Å². The van der Waals surface area contributed by atoms with Gasteiger partial charge in [0.25, 0.3) is 5.91 Å². The molecule has 6 heteroatoms. The first-order valence-electron chi connectivity index (χ1n) is 5.86. The van der Waals surface area contributed by atoms with Crippen LogP contribution in [0.25, 0.3) is 0 Å². The van der Waals surface area contributed by atoms with Gasteiger partial charge in [-0.05, 0) is 32.0 Å². The highest BCUT2D eigenvalue weighted by atomic mass is 35.5. The first-order valence-corrected chi connectivity index (χ1v) is 6.24. The summed E-state index contributed by atoms with van der Waals surface area (Å²) in [5, 5.41) is 11.4. The molecular formula is C13H16ClNO4. The number of hydrogen-bond donors (Lipinski definition) is 2. The molecule has 1 amide bonds. The Balaban J connectivity index is 2.81. The number of carboxylic acid groups (broad SMARTS) is 1. The topological polar surface area (TPSA) is 75.6 Å². The number of benzene rings is 1. The average molecular weight is 286 g/mol. The van der Waals surface area contributed by atoms with Crippen LogP contribution in [0.1, 0.15) is 30.6 Å². The van der Waals surface area contributed by atoms with Crippen molar-refractivity contribution in [1.29, 1.82) is 0 Å². The maximum atomic E-state index is 11.9. The number of hydrogen-bond acceptors (Lipinski definition) is 3. The number of amides is 1. The van der Waals surface area contributed by atoms with E-state index < -0.39 is 11.9 Å².